The standard InChI is InChI=1S/C13H13N5O2S/c19-10(18-13-14-4-5-21-13)6-15-12(20)11-8-2-1-3-9(8)16-7-17-11/h4-5,7H,1-3,6H2,(H,15,20)(H,14,18,19). The van der Waals surface area contributed by atoms with Gasteiger partial charge in [0, 0.05) is 22.8 Å². The Morgan fingerprint density at radius 1 is 1.24 bits per heavy atom. The van der Waals surface area contributed by atoms with Crippen molar-refractivity contribution in [3.8, 4) is 0 Å². The van der Waals surface area contributed by atoms with E-state index in [-0.39, 0.29) is 18.4 Å². The molecule has 2 heterocycles. The van der Waals surface area contributed by atoms with E-state index in [2.05, 4.69) is 25.6 Å². The normalized spacial score (nSPS) is 12.8. The number of hydrogen-bond acceptors (Lipinski definition) is 6. The fraction of sp³-hybridized carbons (Fsp3) is 0.308. The minimum atomic E-state index is -0.343. The molecule has 1 aliphatic rings. The minimum absolute atomic E-state index is 0.114. The topological polar surface area (TPSA) is 96.9 Å². The fourth-order valence-electron chi connectivity index (χ4n) is 2.25. The van der Waals surface area contributed by atoms with Crippen LogP contribution in [0.5, 0.6) is 0 Å². The molecule has 0 aliphatic heterocycles. The van der Waals surface area contributed by atoms with Gasteiger partial charge in [0.2, 0.25) is 5.91 Å². The molecule has 2 aromatic rings. The summed E-state index contributed by atoms with van der Waals surface area (Å²) >= 11 is 1.32. The number of amides is 2. The van der Waals surface area contributed by atoms with Crippen molar-refractivity contribution in [2.75, 3.05) is 11.9 Å². The maximum absolute atomic E-state index is 12.1. The third-order valence-electron chi connectivity index (χ3n) is 3.18. The number of aryl methyl sites for hydroxylation is 1. The molecule has 0 radical (unpaired) electrons. The Labute approximate surface area is 124 Å². The molecule has 21 heavy (non-hydrogen) atoms. The van der Waals surface area contributed by atoms with Gasteiger partial charge < -0.3 is 10.6 Å². The number of thiazole rings is 1. The lowest BCUT2D eigenvalue weighted by Crippen LogP contribution is -2.34. The van der Waals surface area contributed by atoms with Crippen molar-refractivity contribution in [3.05, 3.63) is 34.9 Å². The van der Waals surface area contributed by atoms with Crippen molar-refractivity contribution < 1.29 is 9.59 Å². The highest BCUT2D eigenvalue weighted by atomic mass is 32.1. The van der Waals surface area contributed by atoms with Gasteiger partial charge in [0.15, 0.2) is 5.13 Å². The van der Waals surface area contributed by atoms with Gasteiger partial charge in [-0.1, -0.05) is 0 Å². The van der Waals surface area contributed by atoms with Crippen LogP contribution in [0.3, 0.4) is 0 Å². The molecule has 0 spiro atoms. The van der Waals surface area contributed by atoms with Gasteiger partial charge in [0.25, 0.3) is 5.91 Å². The Morgan fingerprint density at radius 2 is 2.14 bits per heavy atom. The second-order valence-corrected chi connectivity index (χ2v) is 5.46. The smallest absolute Gasteiger partial charge is 0.270 e. The first-order chi connectivity index (χ1) is 10.2. The maximum Gasteiger partial charge on any atom is 0.270 e. The van der Waals surface area contributed by atoms with Gasteiger partial charge >= 0.3 is 0 Å². The van der Waals surface area contributed by atoms with Crippen molar-refractivity contribution >= 4 is 28.3 Å². The number of carbonyl (C=O) groups is 2. The van der Waals surface area contributed by atoms with Gasteiger partial charge in [-0.2, -0.15) is 0 Å². The van der Waals surface area contributed by atoms with E-state index in [1.807, 2.05) is 0 Å². The molecule has 3 rings (SSSR count). The van der Waals surface area contributed by atoms with Gasteiger partial charge in [-0.15, -0.1) is 11.3 Å². The summed E-state index contributed by atoms with van der Waals surface area (Å²) in [5.41, 5.74) is 2.21. The van der Waals surface area contributed by atoms with Crippen molar-refractivity contribution in [1.82, 2.24) is 20.3 Å². The van der Waals surface area contributed by atoms with Gasteiger partial charge in [0.1, 0.15) is 12.0 Å². The zero-order chi connectivity index (χ0) is 14.7. The van der Waals surface area contributed by atoms with Crippen molar-refractivity contribution in [2.45, 2.75) is 19.3 Å². The number of aromatic nitrogens is 3. The number of hydrogen-bond donors (Lipinski definition) is 2. The second-order valence-electron chi connectivity index (χ2n) is 4.57. The Hall–Kier alpha value is -2.35. The zero-order valence-electron chi connectivity index (χ0n) is 11.1. The highest BCUT2D eigenvalue weighted by Gasteiger charge is 2.21. The molecule has 2 aromatic heterocycles. The van der Waals surface area contributed by atoms with E-state index in [1.54, 1.807) is 11.6 Å². The number of carbonyl (C=O) groups excluding carboxylic acids is 2. The molecule has 1 aliphatic carbocycles. The number of anilines is 1. The van der Waals surface area contributed by atoms with Crippen LogP contribution in [0.4, 0.5) is 5.13 Å². The Bertz CT molecular complexity index is 671. The van der Waals surface area contributed by atoms with Crippen LogP contribution in [0.2, 0.25) is 0 Å². The summed E-state index contributed by atoms with van der Waals surface area (Å²) < 4.78 is 0. The van der Waals surface area contributed by atoms with E-state index >= 15 is 0 Å². The highest BCUT2D eigenvalue weighted by molar-refractivity contribution is 7.13. The molecule has 0 fully saturated rings. The number of fused-ring (bicyclic) bond motifs is 1. The fourth-order valence-corrected chi connectivity index (χ4v) is 2.79. The molecule has 2 N–H and O–H groups in total. The summed E-state index contributed by atoms with van der Waals surface area (Å²) in [6, 6.07) is 0. The summed E-state index contributed by atoms with van der Waals surface area (Å²) in [5.74, 6) is -0.658. The summed E-state index contributed by atoms with van der Waals surface area (Å²) in [5, 5.41) is 7.45. The van der Waals surface area contributed by atoms with Crippen LogP contribution in [0.25, 0.3) is 0 Å². The van der Waals surface area contributed by atoms with Crippen LogP contribution < -0.4 is 10.6 Å². The molecule has 0 saturated carbocycles. The van der Waals surface area contributed by atoms with Crippen LogP contribution >= 0.6 is 11.3 Å². The van der Waals surface area contributed by atoms with E-state index in [9.17, 15) is 9.59 Å². The molecule has 0 bridgehead atoms. The third-order valence-corrected chi connectivity index (χ3v) is 3.87. The van der Waals surface area contributed by atoms with E-state index in [0.29, 0.717) is 10.8 Å². The van der Waals surface area contributed by atoms with Gasteiger partial charge in [-0.25, -0.2) is 15.0 Å². The van der Waals surface area contributed by atoms with Crippen LogP contribution in [0.15, 0.2) is 17.9 Å². The SMILES string of the molecule is O=C(CNC(=O)c1ncnc2c1CCC2)Nc1nccs1. The van der Waals surface area contributed by atoms with Crippen LogP contribution in [0.1, 0.15) is 28.2 Å². The number of nitrogens with one attached hydrogen (secondary N) is 2. The first kappa shape index (κ1) is 13.6. The Morgan fingerprint density at radius 3 is 2.95 bits per heavy atom. The molecule has 0 saturated heterocycles. The number of rotatable bonds is 4. The predicted octanol–water partition coefficient (Wildman–Crippen LogP) is 0.790. The lowest BCUT2D eigenvalue weighted by atomic mass is 10.1. The first-order valence-electron chi connectivity index (χ1n) is 6.54. The van der Waals surface area contributed by atoms with Gasteiger partial charge in [-0.3, -0.25) is 9.59 Å². The average Bonchev–Trinajstić information content (AvgIpc) is 3.14. The largest absolute Gasteiger partial charge is 0.342 e. The monoisotopic (exact) mass is 303 g/mol. The molecular formula is C13H13N5O2S. The summed E-state index contributed by atoms with van der Waals surface area (Å²) in [6.07, 6.45) is 5.67. The molecule has 2 amide bonds. The molecule has 108 valence electrons. The van der Waals surface area contributed by atoms with Crippen LogP contribution in [-0.4, -0.2) is 33.3 Å². The quantitative estimate of drug-likeness (QED) is 0.870. The summed E-state index contributed by atoms with van der Waals surface area (Å²) in [4.78, 5) is 36.0. The molecular weight excluding hydrogens is 290 g/mol. The lowest BCUT2D eigenvalue weighted by molar-refractivity contribution is -0.115. The van der Waals surface area contributed by atoms with Gasteiger partial charge in [-0.05, 0) is 19.3 Å². The van der Waals surface area contributed by atoms with Crippen molar-refractivity contribution in [2.24, 2.45) is 0 Å². The Kier molecular flexibility index (Phi) is 3.87. The number of nitrogens with zero attached hydrogens (tertiary/aromatic N) is 3. The van der Waals surface area contributed by atoms with E-state index < -0.39 is 0 Å². The molecule has 8 heteroatoms. The van der Waals surface area contributed by atoms with E-state index in [0.717, 1.165) is 30.5 Å². The van der Waals surface area contributed by atoms with Gasteiger partial charge in [0.05, 0.1) is 6.54 Å². The summed E-state index contributed by atoms with van der Waals surface area (Å²) in [7, 11) is 0. The lowest BCUT2D eigenvalue weighted by Gasteiger charge is -2.07. The van der Waals surface area contributed by atoms with E-state index in [1.165, 1.54) is 17.7 Å². The molecule has 7 nitrogen and oxygen atoms in total. The minimum Gasteiger partial charge on any atom is -0.342 e. The van der Waals surface area contributed by atoms with Crippen LogP contribution in [0, 0.1) is 0 Å². The average molecular weight is 303 g/mol. The first-order valence-corrected chi connectivity index (χ1v) is 7.42. The van der Waals surface area contributed by atoms with Crippen LogP contribution in [-0.2, 0) is 17.6 Å². The van der Waals surface area contributed by atoms with E-state index in [4.69, 9.17) is 0 Å². The van der Waals surface area contributed by atoms with Crippen molar-refractivity contribution in [1.29, 1.82) is 0 Å². The van der Waals surface area contributed by atoms with Crippen molar-refractivity contribution in [3.63, 3.8) is 0 Å². The molecule has 0 aromatic carbocycles. The zero-order valence-corrected chi connectivity index (χ0v) is 11.9. The Balaban J connectivity index is 1.60. The molecule has 0 unspecified atom stereocenters. The maximum atomic E-state index is 12.1. The predicted molar refractivity (Wildman–Crippen MR) is 77.1 cm³/mol. The molecule has 0 atom stereocenters. The second kappa shape index (κ2) is 5.96. The highest BCUT2D eigenvalue weighted by Crippen LogP contribution is 2.21. The summed E-state index contributed by atoms with van der Waals surface area (Å²) in [6.45, 7) is -0.114. The third kappa shape index (κ3) is 3.05.